The van der Waals surface area contributed by atoms with Crippen LogP contribution in [0.15, 0.2) is 4.90 Å². The van der Waals surface area contributed by atoms with E-state index in [-0.39, 0.29) is 22.4 Å². The van der Waals surface area contributed by atoms with Crippen molar-refractivity contribution in [1.82, 2.24) is 10.2 Å². The van der Waals surface area contributed by atoms with Crippen LogP contribution in [0.1, 0.15) is 35.4 Å². The van der Waals surface area contributed by atoms with E-state index in [1.54, 1.807) is 0 Å². The predicted octanol–water partition coefficient (Wildman–Crippen LogP) is 0.0748. The number of primary sulfonamides is 1. The van der Waals surface area contributed by atoms with Crippen LogP contribution in [0.2, 0.25) is 0 Å². The zero-order chi connectivity index (χ0) is 12.6. The lowest BCUT2D eigenvalue weighted by Crippen LogP contribution is -2.26. The van der Waals surface area contributed by atoms with Gasteiger partial charge in [0.1, 0.15) is 11.0 Å². The van der Waals surface area contributed by atoms with Gasteiger partial charge in [-0.05, 0) is 26.2 Å². The zero-order valence-corrected chi connectivity index (χ0v) is 10.1. The third-order valence-electron chi connectivity index (χ3n) is 2.69. The number of carbonyl (C=O) groups excluding carboxylic acids is 1. The van der Waals surface area contributed by atoms with Crippen LogP contribution in [0.4, 0.5) is 0 Å². The van der Waals surface area contributed by atoms with Crippen molar-refractivity contribution in [2.75, 3.05) is 0 Å². The standard InChI is InChI=1S/C9H13N3O4S/c1-5-8(17(10,14)15)7(12-11-5)9(13)16-6-3-2-4-6/h6H,2-4H2,1H3,(H,11,12)(H2,10,14,15). The smallest absolute Gasteiger partial charge is 0.360 e. The van der Waals surface area contributed by atoms with E-state index >= 15 is 0 Å². The zero-order valence-electron chi connectivity index (χ0n) is 9.26. The van der Waals surface area contributed by atoms with Gasteiger partial charge in [-0.25, -0.2) is 18.4 Å². The average Bonchev–Trinajstić information content (AvgIpc) is 2.52. The van der Waals surface area contributed by atoms with Gasteiger partial charge in [-0.3, -0.25) is 5.10 Å². The summed E-state index contributed by atoms with van der Waals surface area (Å²) in [5, 5.41) is 11.1. The third-order valence-corrected chi connectivity index (χ3v) is 3.76. The van der Waals surface area contributed by atoms with E-state index in [1.165, 1.54) is 6.92 Å². The first kappa shape index (κ1) is 12.1. The van der Waals surface area contributed by atoms with Gasteiger partial charge in [-0.15, -0.1) is 0 Å². The Hall–Kier alpha value is -1.41. The van der Waals surface area contributed by atoms with Crippen LogP contribution in [0.3, 0.4) is 0 Å². The van der Waals surface area contributed by atoms with Crippen LogP contribution < -0.4 is 5.14 Å². The van der Waals surface area contributed by atoms with Crippen molar-refractivity contribution in [2.45, 2.75) is 37.2 Å². The summed E-state index contributed by atoms with van der Waals surface area (Å²) < 4.78 is 27.7. The monoisotopic (exact) mass is 259 g/mol. The number of esters is 1. The Kier molecular flexibility index (Phi) is 2.92. The minimum atomic E-state index is -3.98. The van der Waals surface area contributed by atoms with Gasteiger partial charge < -0.3 is 4.74 Å². The molecule has 3 N–H and O–H groups in total. The van der Waals surface area contributed by atoms with Gasteiger partial charge in [0.2, 0.25) is 10.0 Å². The minimum Gasteiger partial charge on any atom is -0.458 e. The maximum atomic E-state index is 11.7. The largest absolute Gasteiger partial charge is 0.458 e. The predicted molar refractivity (Wildman–Crippen MR) is 57.8 cm³/mol. The number of hydrogen-bond acceptors (Lipinski definition) is 5. The summed E-state index contributed by atoms with van der Waals surface area (Å²) in [6.07, 6.45) is 2.49. The van der Waals surface area contributed by atoms with Crippen LogP contribution in [-0.2, 0) is 14.8 Å². The van der Waals surface area contributed by atoms with E-state index in [4.69, 9.17) is 9.88 Å². The normalized spacial score (nSPS) is 16.6. The lowest BCUT2D eigenvalue weighted by Gasteiger charge is -2.24. The van der Waals surface area contributed by atoms with Crippen molar-refractivity contribution < 1.29 is 17.9 Å². The number of aromatic amines is 1. The molecule has 0 aromatic carbocycles. The number of carbonyl (C=O) groups is 1. The summed E-state index contributed by atoms with van der Waals surface area (Å²) in [5.74, 6) is -0.747. The molecule has 1 aliphatic rings. The highest BCUT2D eigenvalue weighted by molar-refractivity contribution is 7.89. The van der Waals surface area contributed by atoms with Crippen molar-refractivity contribution in [1.29, 1.82) is 0 Å². The average molecular weight is 259 g/mol. The van der Waals surface area contributed by atoms with E-state index in [2.05, 4.69) is 10.2 Å². The van der Waals surface area contributed by atoms with Gasteiger partial charge in [0.05, 0.1) is 5.69 Å². The number of hydrogen-bond donors (Lipinski definition) is 2. The molecule has 0 spiro atoms. The molecule has 1 aromatic heterocycles. The maximum absolute atomic E-state index is 11.7. The summed E-state index contributed by atoms with van der Waals surface area (Å²) in [6, 6.07) is 0. The molecule has 0 amide bonds. The molecule has 17 heavy (non-hydrogen) atoms. The Morgan fingerprint density at radius 3 is 2.65 bits per heavy atom. The van der Waals surface area contributed by atoms with E-state index in [1.807, 2.05) is 0 Å². The molecular formula is C9H13N3O4S. The highest BCUT2D eigenvalue weighted by Crippen LogP contribution is 2.24. The number of aromatic nitrogens is 2. The van der Waals surface area contributed by atoms with Crippen molar-refractivity contribution in [2.24, 2.45) is 5.14 Å². The number of H-pyrrole nitrogens is 1. The highest BCUT2D eigenvalue weighted by atomic mass is 32.2. The molecule has 8 heteroatoms. The topological polar surface area (TPSA) is 115 Å². The van der Waals surface area contributed by atoms with Crippen LogP contribution >= 0.6 is 0 Å². The van der Waals surface area contributed by atoms with E-state index < -0.39 is 16.0 Å². The summed E-state index contributed by atoms with van der Waals surface area (Å²) in [5.41, 5.74) is -0.0371. The molecular weight excluding hydrogens is 246 g/mol. The molecule has 0 aliphatic heterocycles. The Morgan fingerprint density at radius 1 is 1.53 bits per heavy atom. The number of sulfonamides is 1. The molecule has 1 aromatic rings. The van der Waals surface area contributed by atoms with E-state index in [0.29, 0.717) is 0 Å². The first-order chi connectivity index (χ1) is 7.89. The molecule has 0 atom stereocenters. The fourth-order valence-electron chi connectivity index (χ4n) is 1.60. The van der Waals surface area contributed by atoms with Crippen molar-refractivity contribution >= 4 is 16.0 Å². The number of nitrogens with two attached hydrogens (primary N) is 1. The molecule has 0 bridgehead atoms. The quantitative estimate of drug-likeness (QED) is 0.745. The van der Waals surface area contributed by atoms with Crippen molar-refractivity contribution in [3.63, 3.8) is 0 Å². The molecule has 2 rings (SSSR count). The number of rotatable bonds is 3. The Morgan fingerprint density at radius 2 is 2.18 bits per heavy atom. The lowest BCUT2D eigenvalue weighted by atomic mass is 9.96. The third kappa shape index (κ3) is 2.32. The molecule has 0 saturated heterocycles. The molecule has 1 saturated carbocycles. The summed E-state index contributed by atoms with van der Waals surface area (Å²) in [4.78, 5) is 11.4. The number of nitrogens with one attached hydrogen (secondary N) is 1. The van der Waals surface area contributed by atoms with E-state index in [0.717, 1.165) is 19.3 Å². The second kappa shape index (κ2) is 4.11. The van der Waals surface area contributed by atoms with Crippen LogP contribution in [0, 0.1) is 6.92 Å². The van der Waals surface area contributed by atoms with E-state index in [9.17, 15) is 13.2 Å². The number of nitrogens with zero attached hydrogens (tertiary/aromatic N) is 1. The van der Waals surface area contributed by atoms with Crippen LogP contribution in [0.25, 0.3) is 0 Å². The Labute approximate surface area is 98.4 Å². The van der Waals surface area contributed by atoms with Gasteiger partial charge in [0.15, 0.2) is 5.69 Å². The summed E-state index contributed by atoms with van der Waals surface area (Å²) in [6.45, 7) is 1.48. The molecule has 94 valence electrons. The minimum absolute atomic E-state index is 0.132. The second-order valence-corrected chi connectivity index (χ2v) is 5.53. The van der Waals surface area contributed by atoms with Gasteiger partial charge >= 0.3 is 5.97 Å². The Bertz CT molecular complexity index is 545. The fourth-order valence-corrected chi connectivity index (χ4v) is 2.47. The summed E-state index contributed by atoms with van der Waals surface area (Å²) in [7, 11) is -3.98. The summed E-state index contributed by atoms with van der Waals surface area (Å²) >= 11 is 0. The molecule has 0 radical (unpaired) electrons. The van der Waals surface area contributed by atoms with Gasteiger partial charge in [-0.2, -0.15) is 5.10 Å². The fraction of sp³-hybridized carbons (Fsp3) is 0.556. The Balaban J connectivity index is 2.29. The molecule has 1 heterocycles. The van der Waals surface area contributed by atoms with Crippen molar-refractivity contribution in [3.8, 4) is 0 Å². The van der Waals surface area contributed by atoms with Gasteiger partial charge in [0.25, 0.3) is 0 Å². The molecule has 1 fully saturated rings. The van der Waals surface area contributed by atoms with Crippen LogP contribution in [-0.4, -0.2) is 30.7 Å². The lowest BCUT2D eigenvalue weighted by molar-refractivity contribution is 0.00794. The SMILES string of the molecule is Cc1[nH]nc(C(=O)OC2CCC2)c1S(N)(=O)=O. The first-order valence-corrected chi connectivity index (χ1v) is 6.73. The van der Waals surface area contributed by atoms with Crippen LogP contribution in [0.5, 0.6) is 0 Å². The highest BCUT2D eigenvalue weighted by Gasteiger charge is 2.30. The first-order valence-electron chi connectivity index (χ1n) is 5.18. The van der Waals surface area contributed by atoms with Gasteiger partial charge in [0, 0.05) is 0 Å². The second-order valence-electron chi connectivity index (χ2n) is 4.03. The molecule has 7 nitrogen and oxygen atoms in total. The number of ether oxygens (including phenoxy) is 1. The maximum Gasteiger partial charge on any atom is 0.360 e. The molecule has 1 aliphatic carbocycles. The number of aryl methyl sites for hydroxylation is 1. The van der Waals surface area contributed by atoms with Crippen molar-refractivity contribution in [3.05, 3.63) is 11.4 Å². The van der Waals surface area contributed by atoms with Gasteiger partial charge in [-0.1, -0.05) is 0 Å². The molecule has 0 unspecified atom stereocenters.